The molecule has 0 saturated carbocycles. The van der Waals surface area contributed by atoms with Gasteiger partial charge in [-0.15, -0.1) is 0 Å². The average molecular weight is 175 g/mol. The summed E-state index contributed by atoms with van der Waals surface area (Å²) in [5, 5.41) is 0. The van der Waals surface area contributed by atoms with E-state index in [-0.39, 0.29) is 5.75 Å². The Balaban J connectivity index is 0.000000561. The van der Waals surface area contributed by atoms with E-state index in [1.165, 1.54) is 0 Å². The molecule has 1 aromatic rings. The van der Waals surface area contributed by atoms with Crippen molar-refractivity contribution in [2.75, 3.05) is 0 Å². The number of halogens is 2. The second-order valence-electron chi connectivity index (χ2n) is 1.69. The third-order valence-electron chi connectivity index (χ3n) is 1.02. The minimum absolute atomic E-state index is 0.165. The van der Waals surface area contributed by atoms with Gasteiger partial charge in [-0.05, 0) is 12.1 Å². The van der Waals surface area contributed by atoms with Crippen LogP contribution in [-0.4, -0.2) is 0 Å². The van der Waals surface area contributed by atoms with Gasteiger partial charge in [-0.25, -0.2) is 8.78 Å². The van der Waals surface area contributed by atoms with Crippen molar-refractivity contribution in [2.45, 2.75) is 13.8 Å². The van der Waals surface area contributed by atoms with Crippen LogP contribution in [0, 0.1) is 11.6 Å². The smallest absolute Gasteiger partial charge is 0.182 e. The summed E-state index contributed by atoms with van der Waals surface area (Å²) in [5.74, 6) is 3.02. The van der Waals surface area contributed by atoms with Crippen LogP contribution in [0.2, 0.25) is 0 Å². The molecule has 2 nitrogen and oxygen atoms in total. The highest BCUT2D eigenvalue weighted by atomic mass is 19.1. The molecule has 1 aromatic carbocycles. The van der Waals surface area contributed by atoms with Gasteiger partial charge in [0.1, 0.15) is 5.82 Å². The van der Waals surface area contributed by atoms with Crippen LogP contribution in [0.25, 0.3) is 0 Å². The van der Waals surface area contributed by atoms with Crippen molar-refractivity contribution in [3.05, 3.63) is 29.8 Å². The Bertz CT molecular complexity index is 240. The normalized spacial score (nSPS) is 8.42. The minimum Gasteiger partial charge on any atom is -0.408 e. The van der Waals surface area contributed by atoms with E-state index in [1.807, 2.05) is 13.8 Å². The van der Waals surface area contributed by atoms with Gasteiger partial charge in [-0.1, -0.05) is 13.8 Å². The van der Waals surface area contributed by atoms with Crippen molar-refractivity contribution >= 4 is 0 Å². The van der Waals surface area contributed by atoms with E-state index in [0.717, 1.165) is 12.1 Å². The molecule has 0 heterocycles. The Morgan fingerprint density at radius 2 is 1.83 bits per heavy atom. The predicted molar refractivity (Wildman–Crippen MR) is 42.5 cm³/mol. The fourth-order valence-corrected chi connectivity index (χ4v) is 0.571. The molecule has 0 aliphatic carbocycles. The number of hydrogen-bond acceptors (Lipinski definition) is 2. The molecule has 0 unspecified atom stereocenters. The fraction of sp³-hybridized carbons (Fsp3) is 0.250. The lowest BCUT2D eigenvalue weighted by atomic mass is 10.3. The van der Waals surface area contributed by atoms with E-state index in [0.29, 0.717) is 6.07 Å². The number of benzene rings is 1. The molecule has 0 atom stereocenters. The Labute approximate surface area is 69.9 Å². The van der Waals surface area contributed by atoms with Gasteiger partial charge in [-0.2, -0.15) is 5.90 Å². The molecule has 0 radical (unpaired) electrons. The van der Waals surface area contributed by atoms with Gasteiger partial charge >= 0.3 is 0 Å². The highest BCUT2D eigenvalue weighted by molar-refractivity contribution is 5.24. The van der Waals surface area contributed by atoms with E-state index in [2.05, 4.69) is 10.7 Å². The molecule has 1 rings (SSSR count). The van der Waals surface area contributed by atoms with Gasteiger partial charge < -0.3 is 4.84 Å². The maximum atomic E-state index is 12.4. The molecule has 0 amide bonds. The fourth-order valence-electron chi connectivity index (χ4n) is 0.571. The van der Waals surface area contributed by atoms with E-state index in [4.69, 9.17) is 0 Å². The van der Waals surface area contributed by atoms with Crippen LogP contribution in [0.4, 0.5) is 8.78 Å². The topological polar surface area (TPSA) is 35.2 Å². The van der Waals surface area contributed by atoms with Gasteiger partial charge in [0, 0.05) is 6.07 Å². The second-order valence-corrected chi connectivity index (χ2v) is 1.69. The SMILES string of the molecule is CC.NOc1ccc(F)cc1F. The highest BCUT2D eigenvalue weighted by Crippen LogP contribution is 2.15. The average Bonchev–Trinajstić information content (AvgIpc) is 2.08. The van der Waals surface area contributed by atoms with E-state index >= 15 is 0 Å². The van der Waals surface area contributed by atoms with E-state index in [9.17, 15) is 8.78 Å². The quantitative estimate of drug-likeness (QED) is 0.664. The van der Waals surface area contributed by atoms with Crippen LogP contribution >= 0.6 is 0 Å². The second kappa shape index (κ2) is 5.49. The molecule has 12 heavy (non-hydrogen) atoms. The lowest BCUT2D eigenvalue weighted by Crippen LogP contribution is -2.03. The molecular formula is C8H11F2NO. The largest absolute Gasteiger partial charge is 0.408 e. The van der Waals surface area contributed by atoms with Crippen LogP contribution in [0.15, 0.2) is 18.2 Å². The monoisotopic (exact) mass is 175 g/mol. The molecule has 0 fully saturated rings. The summed E-state index contributed by atoms with van der Waals surface area (Å²) in [6.45, 7) is 4.00. The van der Waals surface area contributed by atoms with Crippen LogP contribution < -0.4 is 10.7 Å². The van der Waals surface area contributed by atoms with Gasteiger partial charge in [0.25, 0.3) is 0 Å². The van der Waals surface area contributed by atoms with Crippen LogP contribution in [0.5, 0.6) is 5.75 Å². The first-order valence-corrected chi connectivity index (χ1v) is 3.56. The van der Waals surface area contributed by atoms with Crippen molar-refractivity contribution < 1.29 is 13.6 Å². The first-order valence-electron chi connectivity index (χ1n) is 3.56. The lowest BCUT2D eigenvalue weighted by molar-refractivity contribution is 0.314. The standard InChI is InChI=1S/C6H5F2NO.C2H6/c7-4-1-2-6(10-9)5(8)3-4;1-2/h1-3H,9H2;1-2H3. The van der Waals surface area contributed by atoms with Crippen LogP contribution in [0.1, 0.15) is 13.8 Å². The summed E-state index contributed by atoms with van der Waals surface area (Å²) < 4.78 is 24.6. The Hall–Kier alpha value is -1.16. The van der Waals surface area contributed by atoms with Crippen LogP contribution in [0.3, 0.4) is 0 Å². The number of nitrogens with two attached hydrogens (primary N) is 1. The first kappa shape index (κ1) is 10.8. The van der Waals surface area contributed by atoms with Crippen molar-refractivity contribution in [2.24, 2.45) is 5.90 Å². The van der Waals surface area contributed by atoms with Crippen molar-refractivity contribution in [3.8, 4) is 5.75 Å². The molecule has 0 bridgehead atoms. The summed E-state index contributed by atoms with van der Waals surface area (Å²) in [5.41, 5.74) is 0. The van der Waals surface area contributed by atoms with Crippen molar-refractivity contribution in [3.63, 3.8) is 0 Å². The molecule has 2 N–H and O–H groups in total. The third kappa shape index (κ3) is 2.84. The first-order chi connectivity index (χ1) is 5.74. The van der Waals surface area contributed by atoms with Crippen molar-refractivity contribution in [1.82, 2.24) is 0 Å². The van der Waals surface area contributed by atoms with Crippen molar-refractivity contribution in [1.29, 1.82) is 0 Å². The maximum Gasteiger partial charge on any atom is 0.182 e. The van der Waals surface area contributed by atoms with Gasteiger partial charge in [0.05, 0.1) is 0 Å². The zero-order chi connectivity index (χ0) is 9.56. The summed E-state index contributed by atoms with van der Waals surface area (Å²) in [7, 11) is 0. The number of hydrogen-bond donors (Lipinski definition) is 1. The van der Waals surface area contributed by atoms with Gasteiger partial charge in [0.15, 0.2) is 11.6 Å². The Morgan fingerprint density at radius 1 is 1.25 bits per heavy atom. The molecule has 68 valence electrons. The molecule has 0 aliphatic heterocycles. The Morgan fingerprint density at radius 3 is 2.25 bits per heavy atom. The summed E-state index contributed by atoms with van der Waals surface area (Å²) in [6.07, 6.45) is 0. The van der Waals surface area contributed by atoms with Gasteiger partial charge in [-0.3, -0.25) is 0 Å². The summed E-state index contributed by atoms with van der Waals surface area (Å²) >= 11 is 0. The molecular weight excluding hydrogens is 164 g/mol. The summed E-state index contributed by atoms with van der Waals surface area (Å²) in [6, 6.07) is 2.87. The van der Waals surface area contributed by atoms with E-state index < -0.39 is 11.6 Å². The molecule has 0 aromatic heterocycles. The maximum absolute atomic E-state index is 12.4. The molecule has 0 aliphatic rings. The molecule has 0 spiro atoms. The number of rotatable bonds is 1. The zero-order valence-electron chi connectivity index (χ0n) is 6.97. The Kier molecular flexibility index (Phi) is 4.96. The molecule has 0 saturated heterocycles. The zero-order valence-corrected chi connectivity index (χ0v) is 6.97. The minimum atomic E-state index is -0.803. The highest BCUT2D eigenvalue weighted by Gasteiger charge is 2.01. The van der Waals surface area contributed by atoms with E-state index in [1.54, 1.807) is 0 Å². The van der Waals surface area contributed by atoms with Gasteiger partial charge in [0.2, 0.25) is 0 Å². The third-order valence-corrected chi connectivity index (χ3v) is 1.02. The lowest BCUT2D eigenvalue weighted by Gasteiger charge is -1.97. The molecule has 4 heteroatoms. The summed E-state index contributed by atoms with van der Waals surface area (Å²) in [4.78, 5) is 4.06. The predicted octanol–water partition coefficient (Wildman–Crippen LogP) is 2.24. The van der Waals surface area contributed by atoms with Crippen LogP contribution in [-0.2, 0) is 0 Å².